The summed E-state index contributed by atoms with van der Waals surface area (Å²) in [5.74, 6) is -7.36. The fraction of sp³-hybridized carbons (Fsp3) is 1.00. The summed E-state index contributed by atoms with van der Waals surface area (Å²) in [6.45, 7) is -0.573. The zero-order valence-electron chi connectivity index (χ0n) is 13.6. The van der Waals surface area contributed by atoms with Gasteiger partial charge in [0.15, 0.2) is 0 Å². The Morgan fingerprint density at radius 1 is 0.750 bits per heavy atom. The van der Waals surface area contributed by atoms with Gasteiger partial charge in [0.05, 0.1) is 6.61 Å². The molecule has 0 radical (unpaired) electrons. The average Bonchev–Trinajstić information content (AvgIpc) is 2.42. The normalized spacial score (nSPS) is 14.9. The first-order valence-corrected chi connectivity index (χ1v) is 7.58. The van der Waals surface area contributed by atoms with E-state index in [0.717, 1.165) is 0 Å². The molecule has 0 aliphatic carbocycles. The number of hydrogen-bond acceptors (Lipinski definition) is 3. The summed E-state index contributed by atoms with van der Waals surface area (Å²) < 4.78 is 105. The van der Waals surface area contributed by atoms with E-state index >= 15 is 0 Å². The molecular weight excluding hydrogens is 349 g/mol. The second-order valence-corrected chi connectivity index (χ2v) is 5.23. The van der Waals surface area contributed by atoms with Gasteiger partial charge in [0, 0.05) is 13.2 Å². The van der Waals surface area contributed by atoms with E-state index in [4.69, 9.17) is 0 Å². The molecule has 0 fully saturated rings. The van der Waals surface area contributed by atoms with Gasteiger partial charge in [0.1, 0.15) is 19.1 Å². The van der Waals surface area contributed by atoms with Gasteiger partial charge in [-0.25, -0.2) is 8.78 Å². The number of hydrogen-bond donors (Lipinski definition) is 0. The van der Waals surface area contributed by atoms with Gasteiger partial charge in [-0.05, 0) is 19.3 Å². The van der Waals surface area contributed by atoms with Crippen LogP contribution in [0.4, 0.5) is 30.7 Å². The minimum absolute atomic E-state index is 0.0248. The molecule has 0 aromatic heterocycles. The highest BCUT2D eigenvalue weighted by Gasteiger charge is 2.55. The summed E-state index contributed by atoms with van der Waals surface area (Å²) in [5, 5.41) is 0. The molecule has 10 heteroatoms. The Labute approximate surface area is 136 Å². The third-order valence-corrected chi connectivity index (χ3v) is 2.89. The fourth-order valence-corrected chi connectivity index (χ4v) is 1.77. The van der Waals surface area contributed by atoms with Crippen LogP contribution >= 0.6 is 0 Å². The van der Waals surface area contributed by atoms with Crippen LogP contribution in [0, 0.1) is 5.92 Å². The Morgan fingerprint density at radius 3 is 1.71 bits per heavy atom. The van der Waals surface area contributed by atoms with Gasteiger partial charge in [-0.2, -0.15) is 22.0 Å². The molecule has 0 spiro atoms. The maximum atomic E-state index is 13.7. The van der Waals surface area contributed by atoms with E-state index in [9.17, 15) is 30.7 Å². The van der Waals surface area contributed by atoms with Crippen LogP contribution in [-0.2, 0) is 14.2 Å². The van der Waals surface area contributed by atoms with Crippen molar-refractivity contribution < 1.29 is 44.9 Å². The monoisotopic (exact) mass is 372 g/mol. The quantitative estimate of drug-likeness (QED) is 0.348. The molecule has 0 bridgehead atoms. The van der Waals surface area contributed by atoms with Crippen molar-refractivity contribution >= 4 is 0 Å². The van der Waals surface area contributed by atoms with Crippen LogP contribution in [0.3, 0.4) is 0 Å². The summed E-state index contributed by atoms with van der Waals surface area (Å²) in [7, 11) is 0. The summed E-state index contributed by atoms with van der Waals surface area (Å²) in [5.41, 5.74) is 0. The van der Waals surface area contributed by atoms with Crippen LogP contribution in [0.25, 0.3) is 0 Å². The van der Waals surface area contributed by atoms with E-state index in [1.54, 1.807) is 13.8 Å². The Hall–Kier alpha value is -0.610. The SMILES string of the molecule is CCCOCC(F)(F)OCCC(C(F)(F)F)C(F)(F)COCCC. The first-order chi connectivity index (χ1) is 11.0. The number of halogens is 7. The van der Waals surface area contributed by atoms with Crippen LogP contribution < -0.4 is 0 Å². The van der Waals surface area contributed by atoms with Crippen molar-refractivity contribution in [1.29, 1.82) is 0 Å². The predicted octanol–water partition coefficient (Wildman–Crippen LogP) is 4.65. The molecule has 3 nitrogen and oxygen atoms in total. The van der Waals surface area contributed by atoms with Gasteiger partial charge >= 0.3 is 12.3 Å². The predicted molar refractivity (Wildman–Crippen MR) is 72.2 cm³/mol. The molecule has 0 saturated carbocycles. The Balaban J connectivity index is 4.59. The third kappa shape index (κ3) is 9.63. The van der Waals surface area contributed by atoms with E-state index < -0.39 is 50.4 Å². The first kappa shape index (κ1) is 23.4. The highest BCUT2D eigenvalue weighted by atomic mass is 19.4. The second kappa shape index (κ2) is 10.4. The van der Waals surface area contributed by atoms with Crippen molar-refractivity contribution in [3.63, 3.8) is 0 Å². The topological polar surface area (TPSA) is 27.7 Å². The van der Waals surface area contributed by atoms with Crippen LogP contribution in [0.5, 0.6) is 0 Å². The van der Waals surface area contributed by atoms with Gasteiger partial charge in [-0.3, -0.25) is 0 Å². The molecule has 0 saturated heterocycles. The molecule has 0 amide bonds. The van der Waals surface area contributed by atoms with Crippen LogP contribution in [0.1, 0.15) is 33.1 Å². The van der Waals surface area contributed by atoms with Crippen LogP contribution in [0.2, 0.25) is 0 Å². The molecule has 24 heavy (non-hydrogen) atoms. The number of alkyl halides is 7. The summed E-state index contributed by atoms with van der Waals surface area (Å²) in [4.78, 5) is 0. The second-order valence-electron chi connectivity index (χ2n) is 5.23. The molecule has 0 rings (SSSR count). The molecule has 0 N–H and O–H groups in total. The zero-order chi connectivity index (χ0) is 18.9. The van der Waals surface area contributed by atoms with Crippen LogP contribution in [-0.4, -0.2) is 51.2 Å². The van der Waals surface area contributed by atoms with E-state index in [1.807, 2.05) is 0 Å². The summed E-state index contributed by atoms with van der Waals surface area (Å²) in [6, 6.07) is 0. The van der Waals surface area contributed by atoms with E-state index in [-0.39, 0.29) is 13.2 Å². The number of ether oxygens (including phenoxy) is 3. The highest BCUT2D eigenvalue weighted by molar-refractivity contribution is 4.83. The zero-order valence-corrected chi connectivity index (χ0v) is 13.6. The van der Waals surface area contributed by atoms with Crippen molar-refractivity contribution in [3.05, 3.63) is 0 Å². The van der Waals surface area contributed by atoms with E-state index in [1.165, 1.54) is 0 Å². The molecule has 0 aliphatic heterocycles. The number of rotatable bonds is 13. The lowest BCUT2D eigenvalue weighted by molar-refractivity contribution is -0.284. The summed E-state index contributed by atoms with van der Waals surface area (Å²) >= 11 is 0. The molecular formula is C14H23F7O3. The fourth-order valence-electron chi connectivity index (χ4n) is 1.77. The molecule has 1 unspecified atom stereocenters. The lowest BCUT2D eigenvalue weighted by Crippen LogP contribution is -2.44. The first-order valence-electron chi connectivity index (χ1n) is 7.58. The lowest BCUT2D eigenvalue weighted by atomic mass is 9.97. The Kier molecular flexibility index (Phi) is 10.1. The average molecular weight is 372 g/mol. The van der Waals surface area contributed by atoms with Gasteiger partial charge in [-0.15, -0.1) is 0 Å². The van der Waals surface area contributed by atoms with Crippen molar-refractivity contribution in [2.24, 2.45) is 5.92 Å². The van der Waals surface area contributed by atoms with Crippen molar-refractivity contribution in [3.8, 4) is 0 Å². The highest BCUT2D eigenvalue weighted by Crippen LogP contribution is 2.41. The molecule has 0 aliphatic rings. The van der Waals surface area contributed by atoms with Gasteiger partial charge in [0.25, 0.3) is 5.92 Å². The third-order valence-electron chi connectivity index (χ3n) is 2.89. The maximum absolute atomic E-state index is 13.7. The molecule has 1 atom stereocenters. The van der Waals surface area contributed by atoms with E-state index in [0.29, 0.717) is 12.8 Å². The molecule has 0 heterocycles. The maximum Gasteiger partial charge on any atom is 0.397 e. The molecule has 146 valence electrons. The van der Waals surface area contributed by atoms with Crippen LogP contribution in [0.15, 0.2) is 0 Å². The molecule has 0 aromatic rings. The minimum atomic E-state index is -5.27. The summed E-state index contributed by atoms with van der Waals surface area (Å²) in [6.07, 6.45) is -9.58. The standard InChI is InChI=1S/C14H23F7O3/c1-3-6-22-9-12(15,16)11(14(19,20)21)5-8-24-13(17,18)10-23-7-4-2/h11H,3-10H2,1-2H3. The van der Waals surface area contributed by atoms with Gasteiger partial charge in [-0.1, -0.05) is 13.8 Å². The van der Waals surface area contributed by atoms with Gasteiger partial charge in [0.2, 0.25) is 0 Å². The van der Waals surface area contributed by atoms with Crippen molar-refractivity contribution in [2.75, 3.05) is 33.0 Å². The Bertz CT molecular complexity index is 335. The van der Waals surface area contributed by atoms with Gasteiger partial charge < -0.3 is 14.2 Å². The largest absolute Gasteiger partial charge is 0.397 e. The van der Waals surface area contributed by atoms with Crippen molar-refractivity contribution in [1.82, 2.24) is 0 Å². The molecule has 0 aromatic carbocycles. The smallest absolute Gasteiger partial charge is 0.375 e. The van der Waals surface area contributed by atoms with Crippen molar-refractivity contribution in [2.45, 2.75) is 51.3 Å². The minimum Gasteiger partial charge on any atom is -0.375 e. The van der Waals surface area contributed by atoms with E-state index in [2.05, 4.69) is 14.2 Å². The lowest BCUT2D eigenvalue weighted by Gasteiger charge is -2.29. The Morgan fingerprint density at radius 2 is 1.25 bits per heavy atom.